The summed E-state index contributed by atoms with van der Waals surface area (Å²) in [4.78, 5) is 0. The van der Waals surface area contributed by atoms with Crippen LogP contribution in [-0.2, 0) is 13.1 Å². The Kier molecular flexibility index (Phi) is 6.18. The number of unbranched alkanes of at least 4 members (excludes halogenated alkanes) is 2. The minimum absolute atomic E-state index is 0.733. The molecule has 0 aliphatic rings. The van der Waals surface area contributed by atoms with E-state index in [2.05, 4.69) is 18.3 Å². The van der Waals surface area contributed by atoms with Crippen molar-refractivity contribution in [1.82, 2.24) is 5.32 Å². The molecule has 0 amide bonds. The Hall–Kier alpha value is -1.74. The van der Waals surface area contributed by atoms with E-state index in [0.29, 0.717) is 0 Å². The maximum Gasteiger partial charge on any atom is 0.123 e. The van der Waals surface area contributed by atoms with Gasteiger partial charge in [-0.25, -0.2) is 0 Å². The summed E-state index contributed by atoms with van der Waals surface area (Å²) in [6.45, 7) is 4.51. The van der Waals surface area contributed by atoms with Crippen LogP contribution in [0.3, 0.4) is 0 Å². The second-order valence-electron chi connectivity index (χ2n) is 4.85. The van der Waals surface area contributed by atoms with E-state index in [0.717, 1.165) is 37.6 Å². The van der Waals surface area contributed by atoms with E-state index in [-0.39, 0.29) is 0 Å². The summed E-state index contributed by atoms with van der Waals surface area (Å²) in [6, 6.07) is 12.1. The summed E-state index contributed by atoms with van der Waals surface area (Å²) in [5, 5.41) is 3.37. The van der Waals surface area contributed by atoms with Crippen LogP contribution >= 0.6 is 0 Å². The monoisotopic (exact) mass is 273 g/mol. The predicted molar refractivity (Wildman–Crippen MR) is 80.7 cm³/mol. The van der Waals surface area contributed by atoms with Crippen molar-refractivity contribution in [3.05, 3.63) is 54.0 Å². The molecule has 3 heteroatoms. The van der Waals surface area contributed by atoms with E-state index in [1.807, 2.05) is 30.3 Å². The van der Waals surface area contributed by atoms with Crippen LogP contribution in [0.4, 0.5) is 0 Å². The van der Waals surface area contributed by atoms with Gasteiger partial charge in [0.05, 0.1) is 19.4 Å². The van der Waals surface area contributed by atoms with Gasteiger partial charge in [-0.05, 0) is 24.6 Å². The van der Waals surface area contributed by atoms with Crippen molar-refractivity contribution in [3.63, 3.8) is 0 Å². The Balaban J connectivity index is 1.80. The standard InChI is InChI=1S/C17H23NO2/c1-2-3-6-11-20-17-10-5-4-8-15(17)13-18-14-16-9-7-12-19-16/h4-5,7-10,12,18H,2-3,6,11,13-14H2,1H3. The van der Waals surface area contributed by atoms with Gasteiger partial charge in [0.15, 0.2) is 0 Å². The normalized spacial score (nSPS) is 10.7. The van der Waals surface area contributed by atoms with Crippen molar-refractivity contribution in [2.24, 2.45) is 0 Å². The molecule has 0 fully saturated rings. The smallest absolute Gasteiger partial charge is 0.123 e. The number of ether oxygens (including phenoxy) is 1. The van der Waals surface area contributed by atoms with Crippen LogP contribution in [0, 0.1) is 0 Å². The van der Waals surface area contributed by atoms with Crippen LogP contribution in [0.25, 0.3) is 0 Å². The first-order chi connectivity index (χ1) is 9.90. The number of rotatable bonds is 9. The SMILES string of the molecule is CCCCCOc1ccccc1CNCc1ccco1. The number of hydrogen-bond acceptors (Lipinski definition) is 3. The molecule has 0 aliphatic heterocycles. The van der Waals surface area contributed by atoms with Crippen molar-refractivity contribution < 1.29 is 9.15 Å². The second kappa shape index (κ2) is 8.43. The predicted octanol–water partition coefficient (Wildman–Crippen LogP) is 4.14. The molecule has 0 radical (unpaired) electrons. The Morgan fingerprint density at radius 3 is 2.75 bits per heavy atom. The molecule has 1 heterocycles. The molecule has 0 unspecified atom stereocenters. The second-order valence-corrected chi connectivity index (χ2v) is 4.85. The first-order valence-electron chi connectivity index (χ1n) is 7.34. The Morgan fingerprint density at radius 2 is 1.95 bits per heavy atom. The molecular weight excluding hydrogens is 250 g/mol. The Morgan fingerprint density at radius 1 is 1.05 bits per heavy atom. The van der Waals surface area contributed by atoms with Crippen molar-refractivity contribution >= 4 is 0 Å². The highest BCUT2D eigenvalue weighted by Crippen LogP contribution is 2.18. The van der Waals surface area contributed by atoms with Crippen LogP contribution < -0.4 is 10.1 Å². The molecule has 0 spiro atoms. The highest BCUT2D eigenvalue weighted by molar-refractivity contribution is 5.33. The van der Waals surface area contributed by atoms with Gasteiger partial charge >= 0.3 is 0 Å². The molecule has 1 aromatic carbocycles. The van der Waals surface area contributed by atoms with Crippen LogP contribution in [0.15, 0.2) is 47.1 Å². The van der Waals surface area contributed by atoms with Crippen LogP contribution in [0.1, 0.15) is 37.5 Å². The molecule has 0 saturated carbocycles. The van der Waals surface area contributed by atoms with Crippen molar-refractivity contribution in [2.45, 2.75) is 39.3 Å². The van der Waals surface area contributed by atoms with Gasteiger partial charge in [-0.15, -0.1) is 0 Å². The summed E-state index contributed by atoms with van der Waals surface area (Å²) in [7, 11) is 0. The lowest BCUT2D eigenvalue weighted by Crippen LogP contribution is -2.13. The number of hydrogen-bond donors (Lipinski definition) is 1. The number of para-hydroxylation sites is 1. The lowest BCUT2D eigenvalue weighted by molar-refractivity contribution is 0.302. The topological polar surface area (TPSA) is 34.4 Å². The Bertz CT molecular complexity index is 479. The average Bonchev–Trinajstić information content (AvgIpc) is 2.98. The van der Waals surface area contributed by atoms with Crippen LogP contribution in [-0.4, -0.2) is 6.61 Å². The third kappa shape index (κ3) is 4.74. The molecule has 0 bridgehead atoms. The molecule has 0 atom stereocenters. The zero-order valence-corrected chi connectivity index (χ0v) is 12.1. The molecule has 20 heavy (non-hydrogen) atoms. The minimum atomic E-state index is 0.733. The number of nitrogens with one attached hydrogen (secondary N) is 1. The molecule has 3 nitrogen and oxygen atoms in total. The Labute approximate surface area is 121 Å². The highest BCUT2D eigenvalue weighted by atomic mass is 16.5. The average molecular weight is 273 g/mol. The summed E-state index contributed by atoms with van der Waals surface area (Å²) >= 11 is 0. The molecule has 0 saturated heterocycles. The maximum atomic E-state index is 5.86. The lowest BCUT2D eigenvalue weighted by Gasteiger charge is -2.11. The third-order valence-electron chi connectivity index (χ3n) is 3.17. The molecule has 0 aliphatic carbocycles. The van der Waals surface area contributed by atoms with Gasteiger partial charge in [-0.2, -0.15) is 0 Å². The van der Waals surface area contributed by atoms with Crippen molar-refractivity contribution in [2.75, 3.05) is 6.61 Å². The molecule has 2 rings (SSSR count). The fourth-order valence-electron chi connectivity index (χ4n) is 2.06. The lowest BCUT2D eigenvalue weighted by atomic mass is 10.2. The molecule has 108 valence electrons. The highest BCUT2D eigenvalue weighted by Gasteiger charge is 2.03. The van der Waals surface area contributed by atoms with E-state index >= 15 is 0 Å². The number of benzene rings is 1. The molecule has 1 N–H and O–H groups in total. The third-order valence-corrected chi connectivity index (χ3v) is 3.17. The van der Waals surface area contributed by atoms with Crippen LogP contribution in [0.2, 0.25) is 0 Å². The van der Waals surface area contributed by atoms with Gasteiger partial charge < -0.3 is 14.5 Å². The van der Waals surface area contributed by atoms with Gasteiger partial charge in [-0.3, -0.25) is 0 Å². The van der Waals surface area contributed by atoms with Crippen molar-refractivity contribution in [3.8, 4) is 5.75 Å². The van der Waals surface area contributed by atoms with Crippen molar-refractivity contribution in [1.29, 1.82) is 0 Å². The fourth-order valence-corrected chi connectivity index (χ4v) is 2.06. The van der Waals surface area contributed by atoms with E-state index in [9.17, 15) is 0 Å². The number of furan rings is 1. The largest absolute Gasteiger partial charge is 0.493 e. The fraction of sp³-hybridized carbons (Fsp3) is 0.412. The van der Waals surface area contributed by atoms with Gasteiger partial charge in [0.1, 0.15) is 11.5 Å². The zero-order chi connectivity index (χ0) is 14.0. The summed E-state index contributed by atoms with van der Waals surface area (Å²) < 4.78 is 11.2. The molecule has 2 aromatic rings. The van der Waals surface area contributed by atoms with Gasteiger partial charge in [0, 0.05) is 12.1 Å². The van der Waals surface area contributed by atoms with Gasteiger partial charge in [0.25, 0.3) is 0 Å². The van der Waals surface area contributed by atoms with Crippen LogP contribution in [0.5, 0.6) is 5.75 Å². The van der Waals surface area contributed by atoms with E-state index in [4.69, 9.17) is 9.15 Å². The first-order valence-corrected chi connectivity index (χ1v) is 7.34. The molecular formula is C17H23NO2. The maximum absolute atomic E-state index is 5.86. The van der Waals surface area contributed by atoms with E-state index in [1.54, 1.807) is 6.26 Å². The summed E-state index contributed by atoms with van der Waals surface area (Å²) in [5.74, 6) is 1.93. The molecule has 1 aromatic heterocycles. The minimum Gasteiger partial charge on any atom is -0.493 e. The summed E-state index contributed by atoms with van der Waals surface area (Å²) in [5.41, 5.74) is 1.19. The van der Waals surface area contributed by atoms with E-state index < -0.39 is 0 Å². The van der Waals surface area contributed by atoms with Gasteiger partial charge in [0.2, 0.25) is 0 Å². The summed E-state index contributed by atoms with van der Waals surface area (Å²) in [6.07, 6.45) is 5.25. The quantitative estimate of drug-likeness (QED) is 0.697. The van der Waals surface area contributed by atoms with E-state index in [1.165, 1.54) is 18.4 Å². The van der Waals surface area contributed by atoms with Gasteiger partial charge in [-0.1, -0.05) is 38.0 Å². The zero-order valence-electron chi connectivity index (χ0n) is 12.1. The first kappa shape index (κ1) is 14.7.